The van der Waals surface area contributed by atoms with Gasteiger partial charge in [0.2, 0.25) is 11.3 Å². The Kier molecular flexibility index (Phi) is 15.2. The van der Waals surface area contributed by atoms with E-state index in [9.17, 15) is 58.1 Å². The number of nitrogen functional groups attached to an aromatic ring is 1. The van der Waals surface area contributed by atoms with E-state index in [1.54, 1.807) is 0 Å². The molecule has 5 aromatic rings. The molecule has 27 nitrogen and oxygen atoms in total. The van der Waals surface area contributed by atoms with Crippen LogP contribution < -0.4 is 46.7 Å². The molecule has 9 rings (SSSR count). The summed E-state index contributed by atoms with van der Waals surface area (Å²) >= 11 is 4.10. The van der Waals surface area contributed by atoms with E-state index < -0.39 is 77.0 Å². The van der Waals surface area contributed by atoms with Crippen molar-refractivity contribution in [3.8, 4) is 11.5 Å². The van der Waals surface area contributed by atoms with Crippen LogP contribution in [0.25, 0.3) is 16.7 Å². The molecule has 11 N–H and O–H groups in total. The Balaban J connectivity index is 0.943. The van der Waals surface area contributed by atoms with E-state index >= 15 is 0 Å². The molecule has 1 fully saturated rings. The zero-order chi connectivity index (χ0) is 53.7. The number of aromatic nitrogens is 4. The van der Waals surface area contributed by atoms with Gasteiger partial charge in [-0.1, -0.05) is 0 Å². The molecule has 6 atom stereocenters. The molecular weight excluding hydrogens is 1070 g/mol. The van der Waals surface area contributed by atoms with E-state index in [1.807, 2.05) is 12.1 Å². The number of phosphoric acid groups is 2. The highest BCUT2D eigenvalue weighted by atomic mass is 32.5. The number of aliphatic hydroxyl groups is 1. The number of aromatic carboxylic acids is 1. The van der Waals surface area contributed by atoms with E-state index in [4.69, 9.17) is 24.5 Å². The number of nitrogens with zero attached hydrogens (tertiary/aromatic N) is 5. The average Bonchev–Trinajstić information content (AvgIpc) is 3.90. The molecule has 75 heavy (non-hydrogen) atoms. The van der Waals surface area contributed by atoms with Gasteiger partial charge in [-0.15, -0.1) is 0 Å². The van der Waals surface area contributed by atoms with Crippen molar-refractivity contribution in [2.24, 2.45) is 0 Å². The molecule has 6 heterocycles. The topological polar surface area (TPSA) is 382 Å². The normalized spacial score (nSPS) is 20.7. The molecule has 0 bridgehead atoms. The van der Waals surface area contributed by atoms with Crippen molar-refractivity contribution >= 4 is 80.5 Å². The van der Waals surface area contributed by atoms with Gasteiger partial charge in [0.15, 0.2) is 23.5 Å². The van der Waals surface area contributed by atoms with Crippen molar-refractivity contribution in [1.29, 1.82) is 0 Å². The van der Waals surface area contributed by atoms with Gasteiger partial charge in [-0.2, -0.15) is 9.29 Å². The number of aryl methyl sites for hydroxylation is 2. The van der Waals surface area contributed by atoms with Crippen molar-refractivity contribution in [2.75, 3.05) is 56.5 Å². The van der Waals surface area contributed by atoms with Crippen molar-refractivity contribution in [1.82, 2.24) is 34.7 Å². The van der Waals surface area contributed by atoms with Crippen LogP contribution >= 0.6 is 22.4 Å². The number of nitrogens with one attached hydrogen (secondary N) is 3. The van der Waals surface area contributed by atoms with E-state index in [0.717, 1.165) is 84.9 Å². The molecule has 400 valence electrons. The minimum absolute atomic E-state index is 0.0466. The second-order valence-electron chi connectivity index (χ2n) is 17.6. The highest BCUT2D eigenvalue weighted by Crippen LogP contribution is 2.66. The average molecular weight is 1120 g/mol. The standard InChI is InChI=1S/C44H50N9O18P3S/c1-3-51-13-5-7-22-15-27-31(18-29(22)51)67-32-19-30-23(8-6-14-52(30)4-2)16-28(32)34(27)26-17-24(9-10-25(26)42(57)58)39(55)46-11-12-47-44(59)69-37-33(20-66-72(60,61)70-73(62,63)71-74(64,65)75)68-41(36(37)54)53-21-48-35-38(53)49-43(45)50-40(35)56/h9-10,15-19,21,33,36-37,41,54H,3-8,11-14,20H2,1-2H3,(H9-,45,46,47,49,50,55,56,57,58,59,60,61,62,63,64,65,75)/p+1/t33-,36-,37-,41-/m1/s1. The minimum Gasteiger partial charge on any atom is -0.478 e. The summed E-state index contributed by atoms with van der Waals surface area (Å²) in [7, 11) is -11.4. The number of carboxylic acids is 1. The van der Waals surface area contributed by atoms with Crippen LogP contribution in [0.1, 0.15) is 75.9 Å². The van der Waals surface area contributed by atoms with Crippen molar-refractivity contribution < 1.29 is 80.7 Å². The molecule has 2 aromatic heterocycles. The molecule has 0 spiro atoms. The predicted molar refractivity (Wildman–Crippen MR) is 268 cm³/mol. The molecule has 2 amide bonds. The number of rotatable bonds is 17. The molecule has 2 unspecified atom stereocenters. The number of aromatic amines is 1. The summed E-state index contributed by atoms with van der Waals surface area (Å²) in [5, 5.41) is 28.9. The number of carbonyl (C=O) groups is 3. The number of hydrogen-bond acceptors (Lipinski definition) is 18. The first-order valence-corrected chi connectivity index (χ1v) is 29.0. The van der Waals surface area contributed by atoms with Gasteiger partial charge in [-0.05, 0) is 86.4 Å². The van der Waals surface area contributed by atoms with Crippen LogP contribution in [0.3, 0.4) is 0 Å². The maximum Gasteiger partial charge on any atom is 0.488 e. The number of alkyl carbamates (subject to hydrolysis) is 1. The Morgan fingerprint density at radius 3 is 2.47 bits per heavy atom. The number of imidazole rings is 1. The van der Waals surface area contributed by atoms with Gasteiger partial charge < -0.3 is 65.3 Å². The zero-order valence-corrected chi connectivity index (χ0v) is 43.4. The summed E-state index contributed by atoms with van der Waals surface area (Å²) in [5.74, 6) is -1.08. The fraction of sp³-hybridized carbons (Fsp3) is 0.386. The van der Waals surface area contributed by atoms with Crippen LogP contribution in [-0.4, -0.2) is 131 Å². The highest BCUT2D eigenvalue weighted by Gasteiger charge is 2.50. The number of H-pyrrole nitrogens is 1. The van der Waals surface area contributed by atoms with Crippen molar-refractivity contribution in [3.63, 3.8) is 0 Å². The summed E-state index contributed by atoms with van der Waals surface area (Å²) < 4.78 is 58.9. The molecule has 0 radical (unpaired) electrons. The predicted octanol–water partition coefficient (Wildman–Crippen LogP) is 1.23. The number of aliphatic hydroxyl groups excluding tert-OH is 1. The third-order valence-electron chi connectivity index (χ3n) is 12.9. The number of amides is 2. The number of benzene rings is 3. The van der Waals surface area contributed by atoms with E-state index in [1.165, 1.54) is 18.2 Å². The number of fused-ring (bicyclic) bond motifs is 5. The second kappa shape index (κ2) is 21.2. The second-order valence-corrected chi connectivity index (χ2v) is 23.5. The third kappa shape index (κ3) is 11.4. The van der Waals surface area contributed by atoms with Crippen LogP contribution in [0.5, 0.6) is 11.5 Å². The van der Waals surface area contributed by atoms with E-state index in [-0.39, 0.29) is 46.9 Å². The molecule has 1 saturated heterocycles. The lowest BCUT2D eigenvalue weighted by atomic mass is 9.85. The lowest BCUT2D eigenvalue weighted by Gasteiger charge is -2.32. The maximum atomic E-state index is 13.9. The smallest absolute Gasteiger partial charge is 0.478 e. The summed E-state index contributed by atoms with van der Waals surface area (Å²) in [6.45, 7) is 0.978. The summed E-state index contributed by atoms with van der Waals surface area (Å²) in [6.07, 6.45) is -3.70. The fourth-order valence-electron chi connectivity index (χ4n) is 9.66. The number of ether oxygens (including phenoxy) is 3. The number of carbonyl (C=O) groups excluding carboxylic acids is 2. The summed E-state index contributed by atoms with van der Waals surface area (Å²) in [6, 6.07) is 12.4. The molecule has 0 aliphatic carbocycles. The number of phosphoric ester groups is 1. The van der Waals surface area contributed by atoms with Crippen molar-refractivity contribution in [2.45, 2.75) is 64.1 Å². The molecular formula is C44H51N9O18P3S+. The third-order valence-corrected chi connectivity index (χ3v) is 17.3. The lowest BCUT2D eigenvalue weighted by molar-refractivity contribution is -0.0508. The van der Waals surface area contributed by atoms with E-state index in [2.05, 4.69) is 81.5 Å². The first kappa shape index (κ1) is 53.9. The molecule has 4 aliphatic heterocycles. The minimum atomic E-state index is -5.74. The van der Waals surface area contributed by atoms with Crippen molar-refractivity contribution in [3.05, 3.63) is 103 Å². The Labute approximate surface area is 429 Å². The largest absolute Gasteiger partial charge is 0.488 e. The number of nitrogens with two attached hydrogens (primary N) is 1. The van der Waals surface area contributed by atoms with Gasteiger partial charge in [0.05, 0.1) is 24.6 Å². The van der Waals surface area contributed by atoms with Crippen LogP contribution in [-0.2, 0) is 56.4 Å². The Bertz CT molecular complexity index is 3500. The quantitative estimate of drug-likeness (QED) is 0.0349. The lowest BCUT2D eigenvalue weighted by Crippen LogP contribution is -2.42. The molecule has 3 aromatic carbocycles. The van der Waals surface area contributed by atoms with Gasteiger partial charge in [0.25, 0.3) is 11.5 Å². The first-order chi connectivity index (χ1) is 35.5. The molecule has 0 saturated carbocycles. The Morgan fingerprint density at radius 2 is 1.73 bits per heavy atom. The van der Waals surface area contributed by atoms with Gasteiger partial charge in [-0.25, -0.2) is 32.6 Å². The number of anilines is 2. The molecule has 31 heteroatoms. The van der Waals surface area contributed by atoms with Gasteiger partial charge in [0.1, 0.15) is 36.8 Å². The first-order valence-electron chi connectivity index (χ1n) is 23.4. The van der Waals surface area contributed by atoms with E-state index in [0.29, 0.717) is 27.9 Å². The summed E-state index contributed by atoms with van der Waals surface area (Å²) in [5.41, 5.74) is 9.35. The number of carboxylic acid groups (broad SMARTS) is 1. The van der Waals surface area contributed by atoms with Crippen LogP contribution in [0.2, 0.25) is 0 Å². The summed E-state index contributed by atoms with van der Waals surface area (Å²) in [4.78, 5) is 104. The fourth-order valence-corrected chi connectivity index (χ4v) is 13.5. The SMILES string of the molecule is CCN1CCCc2cc3c(cc21)Oc1cc2c(cc1=C3c1cc(C(=O)NCCNC(=O)O[C@H]3[C@@H](O)[C@H](n4cnc5c(=O)[nH]c(N)nc54)O[C@@H]3COP(=O)(O)OP(=O)(O)OP(O)(O)=S)ccc1C(=O)O)CCC[N+]=2CC. The maximum absolute atomic E-state index is 13.9. The molecule has 4 aliphatic rings. The monoisotopic (exact) mass is 1120 g/mol. The van der Waals surface area contributed by atoms with Crippen LogP contribution in [0.4, 0.5) is 16.4 Å². The van der Waals surface area contributed by atoms with Gasteiger partial charge >= 0.3 is 34.4 Å². The van der Waals surface area contributed by atoms with Crippen LogP contribution in [0, 0.1) is 0 Å². The number of hydrogen-bond donors (Lipinski definition) is 10. The van der Waals surface area contributed by atoms with Gasteiger partial charge in [0, 0.05) is 71.8 Å². The van der Waals surface area contributed by atoms with Crippen LogP contribution in [0.15, 0.2) is 53.6 Å². The zero-order valence-electron chi connectivity index (χ0n) is 39.9. The van der Waals surface area contributed by atoms with Gasteiger partial charge in [-0.3, -0.25) is 23.7 Å². The Hall–Kier alpha value is -5.96. The Morgan fingerprint density at radius 1 is 0.973 bits per heavy atom. The highest BCUT2D eigenvalue weighted by molar-refractivity contribution is 8.08.